The van der Waals surface area contributed by atoms with Crippen LogP contribution in [-0.2, 0) is 12.8 Å². The van der Waals surface area contributed by atoms with E-state index in [2.05, 4.69) is 30.1 Å². The fourth-order valence-electron chi connectivity index (χ4n) is 2.49. The quantitative estimate of drug-likeness (QED) is 0.690. The Morgan fingerprint density at radius 2 is 1.89 bits per heavy atom. The minimum atomic E-state index is -0.881. The Morgan fingerprint density at radius 3 is 2.33 bits per heavy atom. The van der Waals surface area contributed by atoms with Crippen molar-refractivity contribution in [2.75, 3.05) is 0 Å². The van der Waals surface area contributed by atoms with Crippen LogP contribution in [0.2, 0.25) is 0 Å². The third-order valence-electron chi connectivity index (χ3n) is 3.97. The molecule has 27 heavy (non-hydrogen) atoms. The summed E-state index contributed by atoms with van der Waals surface area (Å²) < 4.78 is 0. The molecule has 3 aromatic rings. The average Bonchev–Trinajstić information content (AvgIpc) is 3.28. The van der Waals surface area contributed by atoms with Gasteiger partial charge in [0.05, 0.1) is 17.2 Å². The van der Waals surface area contributed by atoms with Crippen molar-refractivity contribution in [1.29, 1.82) is 10.5 Å². The van der Waals surface area contributed by atoms with E-state index < -0.39 is 5.97 Å². The first kappa shape index (κ1) is 20.0. The Labute approximate surface area is 162 Å². The summed E-state index contributed by atoms with van der Waals surface area (Å²) in [6, 6.07) is 15.5. The summed E-state index contributed by atoms with van der Waals surface area (Å²) in [4.78, 5) is 15.1. The first-order valence-electron chi connectivity index (χ1n) is 8.36. The molecule has 2 heterocycles. The van der Waals surface area contributed by atoms with Crippen LogP contribution in [0.15, 0.2) is 42.6 Å². The van der Waals surface area contributed by atoms with Crippen molar-refractivity contribution < 1.29 is 9.90 Å². The maximum atomic E-state index is 10.3. The fourth-order valence-corrected chi connectivity index (χ4v) is 3.40. The van der Waals surface area contributed by atoms with Gasteiger partial charge in [-0.1, -0.05) is 19.1 Å². The van der Waals surface area contributed by atoms with Crippen LogP contribution < -0.4 is 0 Å². The van der Waals surface area contributed by atoms with Crippen LogP contribution >= 0.6 is 11.3 Å². The van der Waals surface area contributed by atoms with Gasteiger partial charge in [-0.2, -0.15) is 10.5 Å². The number of thiophene rings is 1. The number of benzene rings is 1. The smallest absolute Gasteiger partial charge is 0.337 e. The maximum absolute atomic E-state index is 10.3. The second-order valence-electron chi connectivity index (χ2n) is 5.84. The molecule has 0 aliphatic carbocycles. The minimum absolute atomic E-state index is 0.343. The third kappa shape index (κ3) is 5.31. The number of rotatable bonds is 4. The summed E-state index contributed by atoms with van der Waals surface area (Å²) in [7, 11) is 0. The maximum Gasteiger partial charge on any atom is 0.337 e. The molecule has 0 spiro atoms. The second kappa shape index (κ2) is 9.38. The van der Waals surface area contributed by atoms with Crippen molar-refractivity contribution in [1.82, 2.24) is 4.98 Å². The lowest BCUT2D eigenvalue weighted by atomic mass is 10.0. The summed E-state index contributed by atoms with van der Waals surface area (Å²) in [5.74, 6) is -0.881. The molecule has 0 saturated heterocycles. The van der Waals surface area contributed by atoms with E-state index in [0.29, 0.717) is 16.8 Å². The highest BCUT2D eigenvalue weighted by molar-refractivity contribution is 7.12. The monoisotopic (exact) mass is 377 g/mol. The highest BCUT2D eigenvalue weighted by atomic mass is 32.1. The average molecular weight is 377 g/mol. The molecule has 0 bridgehead atoms. The van der Waals surface area contributed by atoms with Gasteiger partial charge in [0, 0.05) is 16.8 Å². The molecule has 2 N–H and O–H groups in total. The van der Waals surface area contributed by atoms with E-state index in [1.807, 2.05) is 24.3 Å². The SMILES string of the molecule is CCc1cc(Cc2ccc(C#N)cc2)c(C#N)s1.Cc1[nH]ccc1C(=O)O. The van der Waals surface area contributed by atoms with E-state index in [-0.39, 0.29) is 0 Å². The molecule has 0 amide bonds. The summed E-state index contributed by atoms with van der Waals surface area (Å²) >= 11 is 1.57. The number of carboxylic acids is 1. The molecular weight excluding hydrogens is 358 g/mol. The highest BCUT2D eigenvalue weighted by Crippen LogP contribution is 2.24. The fraction of sp³-hybridized carbons (Fsp3) is 0.190. The molecule has 136 valence electrons. The molecule has 0 saturated carbocycles. The standard InChI is InChI=1S/C15H12N2S.C6H7NO2/c1-2-14-8-13(15(10-17)18-14)7-11-3-5-12(9-16)6-4-11;1-4-5(6(8)9)2-3-7-4/h3-6,8H,2,7H2,1H3;2-3,7H,1H3,(H,8,9). The van der Waals surface area contributed by atoms with Crippen molar-refractivity contribution in [3.8, 4) is 12.1 Å². The number of aryl methyl sites for hydroxylation is 2. The van der Waals surface area contributed by atoms with Crippen molar-refractivity contribution in [2.45, 2.75) is 26.7 Å². The molecule has 5 nitrogen and oxygen atoms in total. The van der Waals surface area contributed by atoms with Gasteiger partial charge in [0.25, 0.3) is 0 Å². The van der Waals surface area contributed by atoms with E-state index in [1.165, 1.54) is 10.9 Å². The number of nitriles is 2. The number of nitrogens with zero attached hydrogens (tertiary/aromatic N) is 2. The second-order valence-corrected chi connectivity index (χ2v) is 6.98. The molecule has 3 rings (SSSR count). The topological polar surface area (TPSA) is 101 Å². The predicted molar refractivity (Wildman–Crippen MR) is 105 cm³/mol. The van der Waals surface area contributed by atoms with E-state index in [4.69, 9.17) is 15.6 Å². The van der Waals surface area contributed by atoms with Crippen LogP contribution in [0.1, 0.15) is 49.4 Å². The number of H-pyrrole nitrogens is 1. The van der Waals surface area contributed by atoms with Gasteiger partial charge in [0.15, 0.2) is 0 Å². The van der Waals surface area contributed by atoms with Crippen LogP contribution in [0.25, 0.3) is 0 Å². The van der Waals surface area contributed by atoms with Crippen molar-refractivity contribution in [3.63, 3.8) is 0 Å². The lowest BCUT2D eigenvalue weighted by Crippen LogP contribution is -1.95. The number of aromatic nitrogens is 1. The van der Waals surface area contributed by atoms with Gasteiger partial charge in [-0.25, -0.2) is 4.79 Å². The number of carbonyl (C=O) groups is 1. The van der Waals surface area contributed by atoms with Crippen molar-refractivity contribution >= 4 is 17.3 Å². The van der Waals surface area contributed by atoms with Gasteiger partial charge in [0.1, 0.15) is 10.9 Å². The van der Waals surface area contributed by atoms with E-state index in [9.17, 15) is 4.79 Å². The van der Waals surface area contributed by atoms with Gasteiger partial charge in [0.2, 0.25) is 0 Å². The molecular formula is C21H19N3O2S. The van der Waals surface area contributed by atoms with Crippen LogP contribution in [0.3, 0.4) is 0 Å². The third-order valence-corrected chi connectivity index (χ3v) is 5.20. The lowest BCUT2D eigenvalue weighted by Gasteiger charge is -1.99. The normalized spacial score (nSPS) is 9.63. The molecule has 0 fully saturated rings. The Balaban J connectivity index is 0.000000244. The first-order chi connectivity index (χ1) is 13.0. The Hall–Kier alpha value is -3.35. The minimum Gasteiger partial charge on any atom is -0.478 e. The van der Waals surface area contributed by atoms with Crippen LogP contribution in [0, 0.1) is 29.6 Å². The first-order valence-corrected chi connectivity index (χ1v) is 9.18. The number of carboxylic acid groups (broad SMARTS) is 1. The van der Waals surface area contributed by atoms with Gasteiger partial charge in [-0.15, -0.1) is 11.3 Å². The zero-order chi connectivity index (χ0) is 19.8. The molecule has 6 heteroatoms. The molecule has 0 radical (unpaired) electrons. The predicted octanol–water partition coefficient (Wildman–Crippen LogP) is 4.67. The highest BCUT2D eigenvalue weighted by Gasteiger charge is 2.08. The molecule has 0 unspecified atom stereocenters. The number of hydrogen-bond acceptors (Lipinski definition) is 4. The van der Waals surface area contributed by atoms with Crippen molar-refractivity contribution in [3.05, 3.63) is 80.3 Å². The van der Waals surface area contributed by atoms with E-state index in [0.717, 1.165) is 28.8 Å². The zero-order valence-corrected chi connectivity index (χ0v) is 15.9. The van der Waals surface area contributed by atoms with Gasteiger partial charge < -0.3 is 10.1 Å². The molecule has 0 aliphatic rings. The number of aromatic carboxylic acids is 1. The van der Waals surface area contributed by atoms with Crippen LogP contribution in [0.5, 0.6) is 0 Å². The number of nitrogens with one attached hydrogen (secondary N) is 1. The molecule has 0 atom stereocenters. The largest absolute Gasteiger partial charge is 0.478 e. The van der Waals surface area contributed by atoms with Crippen molar-refractivity contribution in [2.24, 2.45) is 0 Å². The summed E-state index contributed by atoms with van der Waals surface area (Å²) in [6.07, 6.45) is 3.33. The van der Waals surface area contributed by atoms with E-state index >= 15 is 0 Å². The van der Waals surface area contributed by atoms with Crippen LogP contribution in [-0.4, -0.2) is 16.1 Å². The van der Waals surface area contributed by atoms with Gasteiger partial charge >= 0.3 is 5.97 Å². The van der Waals surface area contributed by atoms with Crippen LogP contribution in [0.4, 0.5) is 0 Å². The summed E-state index contributed by atoms with van der Waals surface area (Å²) in [6.45, 7) is 3.82. The molecule has 2 aromatic heterocycles. The molecule has 1 aromatic carbocycles. The Morgan fingerprint density at radius 1 is 1.19 bits per heavy atom. The number of aromatic amines is 1. The van der Waals surface area contributed by atoms with E-state index in [1.54, 1.807) is 24.5 Å². The Kier molecular flexibility index (Phi) is 6.93. The Bertz CT molecular complexity index is 1000. The summed E-state index contributed by atoms with van der Waals surface area (Å²) in [5, 5.41) is 26.3. The van der Waals surface area contributed by atoms with Gasteiger partial charge in [-0.05, 0) is 55.2 Å². The number of hydrogen-bond donors (Lipinski definition) is 2. The molecule has 0 aliphatic heterocycles. The lowest BCUT2D eigenvalue weighted by molar-refractivity contribution is 0.0696. The zero-order valence-electron chi connectivity index (χ0n) is 15.1. The summed E-state index contributed by atoms with van der Waals surface area (Å²) in [5.41, 5.74) is 3.92. The van der Waals surface area contributed by atoms with Gasteiger partial charge in [-0.3, -0.25) is 0 Å².